The van der Waals surface area contributed by atoms with Gasteiger partial charge in [-0.25, -0.2) is 10.2 Å². The molecule has 0 bridgehead atoms. The van der Waals surface area contributed by atoms with Gasteiger partial charge in [0.15, 0.2) is 23.0 Å². The number of ether oxygens (including phenoxy) is 4. The van der Waals surface area contributed by atoms with Crippen molar-refractivity contribution in [3.8, 4) is 34.1 Å². The van der Waals surface area contributed by atoms with Gasteiger partial charge in [0.1, 0.15) is 5.69 Å². The predicted octanol–water partition coefficient (Wildman–Crippen LogP) is 7.19. The SMILES string of the molecule is CCOc1ccc(C(=O)Oc2ccc(C=NNC(=O)c3[nH]c4c(CC)cccc4c3-c3ccccc3)cc2OC)cc1OCC. The number of aryl methyl sites for hydroxylation is 1. The van der Waals surface area contributed by atoms with Crippen molar-refractivity contribution in [2.24, 2.45) is 5.10 Å². The molecule has 0 unspecified atom stereocenters. The fraction of sp³-hybridized carbons (Fsp3) is 0.194. The number of H-pyrrole nitrogens is 1. The number of amides is 1. The Labute approximate surface area is 261 Å². The molecule has 0 spiro atoms. The van der Waals surface area contributed by atoms with Crippen LogP contribution in [0.1, 0.15) is 52.7 Å². The number of rotatable bonds is 12. The van der Waals surface area contributed by atoms with Gasteiger partial charge in [0.05, 0.1) is 32.1 Å². The van der Waals surface area contributed by atoms with Crippen LogP contribution in [0.4, 0.5) is 0 Å². The van der Waals surface area contributed by atoms with E-state index in [1.54, 1.807) is 36.4 Å². The molecule has 0 atom stereocenters. The third-order valence-electron chi connectivity index (χ3n) is 7.14. The van der Waals surface area contributed by atoms with Crippen LogP contribution in [0.3, 0.4) is 0 Å². The van der Waals surface area contributed by atoms with E-state index in [1.807, 2.05) is 56.3 Å². The summed E-state index contributed by atoms with van der Waals surface area (Å²) in [4.78, 5) is 29.7. The fourth-order valence-corrected chi connectivity index (χ4v) is 5.05. The van der Waals surface area contributed by atoms with Gasteiger partial charge in [-0.15, -0.1) is 0 Å². The maximum absolute atomic E-state index is 13.4. The van der Waals surface area contributed by atoms with Crippen LogP contribution >= 0.6 is 0 Å². The first-order valence-corrected chi connectivity index (χ1v) is 14.8. The third kappa shape index (κ3) is 6.83. The van der Waals surface area contributed by atoms with Crippen molar-refractivity contribution in [2.45, 2.75) is 27.2 Å². The number of carbonyl (C=O) groups is 2. The molecule has 0 aliphatic rings. The number of methoxy groups -OCH3 is 1. The zero-order valence-corrected chi connectivity index (χ0v) is 25.7. The smallest absolute Gasteiger partial charge is 0.343 e. The lowest BCUT2D eigenvalue weighted by Gasteiger charge is -2.13. The van der Waals surface area contributed by atoms with E-state index in [2.05, 4.69) is 28.5 Å². The van der Waals surface area contributed by atoms with Crippen LogP contribution in [-0.4, -0.2) is 43.4 Å². The minimum Gasteiger partial charge on any atom is -0.493 e. The van der Waals surface area contributed by atoms with Gasteiger partial charge in [0.25, 0.3) is 5.91 Å². The predicted molar refractivity (Wildman–Crippen MR) is 175 cm³/mol. The molecule has 0 radical (unpaired) electrons. The lowest BCUT2D eigenvalue weighted by atomic mass is 10.00. The number of carbonyl (C=O) groups excluding carboxylic acids is 2. The van der Waals surface area contributed by atoms with Crippen molar-refractivity contribution in [1.29, 1.82) is 0 Å². The van der Waals surface area contributed by atoms with Crippen molar-refractivity contribution in [3.05, 3.63) is 107 Å². The van der Waals surface area contributed by atoms with E-state index in [1.165, 1.54) is 13.3 Å². The Balaban J connectivity index is 1.33. The van der Waals surface area contributed by atoms with Gasteiger partial charge in [-0.1, -0.05) is 55.5 Å². The quantitative estimate of drug-likeness (QED) is 0.0674. The maximum Gasteiger partial charge on any atom is 0.343 e. The molecule has 5 rings (SSSR count). The van der Waals surface area contributed by atoms with Crippen molar-refractivity contribution in [2.75, 3.05) is 20.3 Å². The number of para-hydroxylation sites is 1. The molecule has 0 aliphatic carbocycles. The highest BCUT2D eigenvalue weighted by Gasteiger charge is 2.20. The molecule has 9 heteroatoms. The molecule has 2 N–H and O–H groups in total. The molecule has 0 saturated heterocycles. The van der Waals surface area contributed by atoms with E-state index in [4.69, 9.17) is 18.9 Å². The summed E-state index contributed by atoms with van der Waals surface area (Å²) in [5.41, 5.74) is 7.80. The highest BCUT2D eigenvalue weighted by Crippen LogP contribution is 2.35. The van der Waals surface area contributed by atoms with E-state index < -0.39 is 5.97 Å². The molecule has 1 amide bonds. The molecule has 1 heterocycles. The van der Waals surface area contributed by atoms with E-state index in [-0.39, 0.29) is 11.7 Å². The van der Waals surface area contributed by atoms with Gasteiger partial charge in [-0.2, -0.15) is 5.10 Å². The molecule has 45 heavy (non-hydrogen) atoms. The Hall–Kier alpha value is -5.57. The number of esters is 1. The van der Waals surface area contributed by atoms with Crippen LogP contribution in [0.25, 0.3) is 22.0 Å². The van der Waals surface area contributed by atoms with Crippen LogP contribution in [0.2, 0.25) is 0 Å². The second-order valence-electron chi connectivity index (χ2n) is 9.96. The second kappa shape index (κ2) is 14.3. The largest absolute Gasteiger partial charge is 0.493 e. The second-order valence-corrected chi connectivity index (χ2v) is 9.96. The minimum absolute atomic E-state index is 0.229. The summed E-state index contributed by atoms with van der Waals surface area (Å²) in [6, 6.07) is 25.7. The molecule has 1 aromatic heterocycles. The maximum atomic E-state index is 13.4. The first-order chi connectivity index (χ1) is 22.0. The standard InChI is InChI=1S/C36H35N3O6/c1-5-24-14-11-15-27-32(25-12-9-8-10-13-25)34(38-33(24)27)35(40)39-37-22-23-16-18-29(30(20-23)42-4)45-36(41)26-17-19-28(43-6-2)31(21-26)44-7-3/h8-22,38H,5-7H2,1-4H3,(H,39,40). The molecule has 4 aromatic carbocycles. The molecule has 0 aliphatic heterocycles. The topological polar surface area (TPSA) is 111 Å². The Morgan fingerprint density at radius 1 is 0.822 bits per heavy atom. The van der Waals surface area contributed by atoms with Crippen LogP contribution in [-0.2, 0) is 6.42 Å². The first-order valence-electron chi connectivity index (χ1n) is 14.8. The van der Waals surface area contributed by atoms with Gasteiger partial charge in [0.2, 0.25) is 0 Å². The van der Waals surface area contributed by atoms with E-state index in [9.17, 15) is 9.59 Å². The summed E-state index contributed by atoms with van der Waals surface area (Å²) >= 11 is 0. The van der Waals surface area contributed by atoms with Gasteiger partial charge in [-0.3, -0.25) is 4.79 Å². The van der Waals surface area contributed by atoms with Gasteiger partial charge in [-0.05, 0) is 73.4 Å². The average Bonchev–Trinajstić information content (AvgIpc) is 3.47. The van der Waals surface area contributed by atoms with Crippen molar-refractivity contribution >= 4 is 29.0 Å². The van der Waals surface area contributed by atoms with E-state index in [0.29, 0.717) is 47.3 Å². The lowest BCUT2D eigenvalue weighted by Crippen LogP contribution is -2.19. The average molecular weight is 606 g/mol. The Bertz CT molecular complexity index is 1850. The van der Waals surface area contributed by atoms with Gasteiger partial charge < -0.3 is 23.9 Å². The van der Waals surface area contributed by atoms with E-state index >= 15 is 0 Å². The molecule has 9 nitrogen and oxygen atoms in total. The summed E-state index contributed by atoms with van der Waals surface area (Å²) in [5.74, 6) is 0.614. The van der Waals surface area contributed by atoms with Crippen LogP contribution in [0.15, 0.2) is 90.0 Å². The number of aromatic nitrogens is 1. The Morgan fingerprint density at radius 3 is 2.31 bits per heavy atom. The highest BCUT2D eigenvalue weighted by molar-refractivity contribution is 6.10. The summed E-state index contributed by atoms with van der Waals surface area (Å²) in [5, 5.41) is 5.17. The zero-order valence-electron chi connectivity index (χ0n) is 25.7. The molecule has 5 aromatic rings. The Morgan fingerprint density at radius 2 is 1.58 bits per heavy atom. The fourth-order valence-electron chi connectivity index (χ4n) is 5.05. The number of hydrazone groups is 1. The molecule has 230 valence electrons. The number of aromatic amines is 1. The highest BCUT2D eigenvalue weighted by atomic mass is 16.6. The summed E-state index contributed by atoms with van der Waals surface area (Å²) < 4.78 is 22.3. The third-order valence-corrected chi connectivity index (χ3v) is 7.14. The van der Waals surface area contributed by atoms with Crippen molar-refractivity contribution < 1.29 is 28.5 Å². The molecular weight excluding hydrogens is 570 g/mol. The number of nitrogens with zero attached hydrogens (tertiary/aromatic N) is 1. The number of fused-ring (bicyclic) bond motifs is 1. The number of hydrogen-bond acceptors (Lipinski definition) is 7. The zero-order chi connectivity index (χ0) is 31.8. The summed E-state index contributed by atoms with van der Waals surface area (Å²) in [6.45, 7) is 6.71. The summed E-state index contributed by atoms with van der Waals surface area (Å²) in [7, 11) is 1.48. The monoisotopic (exact) mass is 605 g/mol. The lowest BCUT2D eigenvalue weighted by molar-refractivity contribution is 0.0728. The van der Waals surface area contributed by atoms with Crippen molar-refractivity contribution in [1.82, 2.24) is 10.4 Å². The number of nitrogens with one attached hydrogen (secondary N) is 2. The van der Waals surface area contributed by atoms with Crippen LogP contribution < -0.4 is 24.4 Å². The van der Waals surface area contributed by atoms with Gasteiger partial charge >= 0.3 is 5.97 Å². The number of hydrogen-bond donors (Lipinski definition) is 2. The Kier molecular flexibility index (Phi) is 9.79. The summed E-state index contributed by atoms with van der Waals surface area (Å²) in [6.07, 6.45) is 2.32. The molecule has 0 fully saturated rings. The minimum atomic E-state index is -0.579. The molecular formula is C36H35N3O6. The number of benzene rings is 4. The van der Waals surface area contributed by atoms with E-state index in [0.717, 1.165) is 34.0 Å². The molecule has 0 saturated carbocycles. The van der Waals surface area contributed by atoms with Gasteiger partial charge in [0, 0.05) is 16.5 Å². The van der Waals surface area contributed by atoms with Crippen LogP contribution in [0, 0.1) is 0 Å². The normalized spacial score (nSPS) is 11.0. The van der Waals surface area contributed by atoms with Crippen LogP contribution in [0.5, 0.6) is 23.0 Å². The first kappa shape index (κ1) is 30.9. The van der Waals surface area contributed by atoms with Crippen molar-refractivity contribution in [3.63, 3.8) is 0 Å².